The standard InChI is InChI=1S/C12H22F3N/c1-10(2)16(9-8-12(13,14)15)11-6-4-3-5-7-11/h10-11H,3-9H2,1-2H3. The Kier molecular flexibility index (Phi) is 5.09. The molecule has 0 atom stereocenters. The Hall–Kier alpha value is -0.250. The van der Waals surface area contributed by atoms with E-state index in [1.165, 1.54) is 19.3 Å². The minimum atomic E-state index is -4.03. The molecule has 0 radical (unpaired) electrons. The lowest BCUT2D eigenvalue weighted by Crippen LogP contribution is -2.43. The summed E-state index contributed by atoms with van der Waals surface area (Å²) in [4.78, 5) is 2.03. The Balaban J connectivity index is 2.46. The van der Waals surface area contributed by atoms with E-state index in [1.54, 1.807) is 0 Å². The molecule has 1 aliphatic carbocycles. The fraction of sp³-hybridized carbons (Fsp3) is 1.00. The molecule has 0 bridgehead atoms. The van der Waals surface area contributed by atoms with Crippen LogP contribution in [0.1, 0.15) is 52.4 Å². The number of alkyl halides is 3. The van der Waals surface area contributed by atoms with Gasteiger partial charge in [0.1, 0.15) is 0 Å². The van der Waals surface area contributed by atoms with Gasteiger partial charge in [-0.1, -0.05) is 19.3 Å². The summed E-state index contributed by atoms with van der Waals surface area (Å²) >= 11 is 0. The highest BCUT2D eigenvalue weighted by molar-refractivity contribution is 4.78. The van der Waals surface area contributed by atoms with Gasteiger partial charge in [-0.25, -0.2) is 0 Å². The molecule has 0 spiro atoms. The lowest BCUT2D eigenvalue weighted by Gasteiger charge is -2.37. The fourth-order valence-corrected chi connectivity index (χ4v) is 2.53. The predicted molar refractivity (Wildman–Crippen MR) is 59.4 cm³/mol. The van der Waals surface area contributed by atoms with E-state index in [2.05, 4.69) is 0 Å². The maximum Gasteiger partial charge on any atom is 0.390 e. The molecule has 0 saturated heterocycles. The van der Waals surface area contributed by atoms with E-state index in [1.807, 2.05) is 18.7 Å². The molecule has 1 fully saturated rings. The van der Waals surface area contributed by atoms with Crippen molar-refractivity contribution in [2.24, 2.45) is 0 Å². The molecule has 0 aromatic rings. The van der Waals surface area contributed by atoms with Gasteiger partial charge in [0.15, 0.2) is 0 Å². The second-order valence-electron chi connectivity index (χ2n) is 4.99. The van der Waals surface area contributed by atoms with Crippen LogP contribution in [0.3, 0.4) is 0 Å². The molecule has 0 amide bonds. The first kappa shape index (κ1) is 13.8. The van der Waals surface area contributed by atoms with Gasteiger partial charge in [0.05, 0.1) is 6.42 Å². The topological polar surface area (TPSA) is 3.24 Å². The van der Waals surface area contributed by atoms with E-state index < -0.39 is 12.6 Å². The smallest absolute Gasteiger partial charge is 0.298 e. The van der Waals surface area contributed by atoms with Gasteiger partial charge in [0.25, 0.3) is 0 Å². The van der Waals surface area contributed by atoms with Gasteiger partial charge in [-0.3, -0.25) is 4.90 Å². The predicted octanol–water partition coefficient (Wildman–Crippen LogP) is 3.98. The van der Waals surface area contributed by atoms with Crippen LogP contribution < -0.4 is 0 Å². The lowest BCUT2D eigenvalue weighted by atomic mass is 9.93. The zero-order chi connectivity index (χ0) is 12.2. The maximum atomic E-state index is 12.2. The van der Waals surface area contributed by atoms with Crippen molar-refractivity contribution in [3.8, 4) is 0 Å². The van der Waals surface area contributed by atoms with Crippen LogP contribution in [0.5, 0.6) is 0 Å². The van der Waals surface area contributed by atoms with Crippen molar-refractivity contribution >= 4 is 0 Å². The third-order valence-corrected chi connectivity index (χ3v) is 3.36. The number of hydrogen-bond donors (Lipinski definition) is 0. The normalized spacial score (nSPS) is 19.7. The quantitative estimate of drug-likeness (QED) is 0.714. The summed E-state index contributed by atoms with van der Waals surface area (Å²) in [6, 6.07) is 0.585. The van der Waals surface area contributed by atoms with Crippen molar-refractivity contribution in [1.82, 2.24) is 4.90 Å². The van der Waals surface area contributed by atoms with E-state index in [0.717, 1.165) is 12.8 Å². The highest BCUT2D eigenvalue weighted by atomic mass is 19.4. The van der Waals surface area contributed by atoms with Crippen molar-refractivity contribution in [2.45, 2.75) is 70.6 Å². The van der Waals surface area contributed by atoms with Gasteiger partial charge in [-0.2, -0.15) is 13.2 Å². The van der Waals surface area contributed by atoms with Crippen molar-refractivity contribution in [1.29, 1.82) is 0 Å². The third-order valence-electron chi connectivity index (χ3n) is 3.36. The van der Waals surface area contributed by atoms with Crippen LogP contribution in [0, 0.1) is 0 Å². The summed E-state index contributed by atoms with van der Waals surface area (Å²) in [5, 5.41) is 0. The van der Waals surface area contributed by atoms with Gasteiger partial charge < -0.3 is 0 Å². The van der Waals surface area contributed by atoms with Gasteiger partial charge in [0, 0.05) is 18.6 Å². The molecule has 0 N–H and O–H groups in total. The lowest BCUT2D eigenvalue weighted by molar-refractivity contribution is -0.140. The van der Waals surface area contributed by atoms with E-state index >= 15 is 0 Å². The fourth-order valence-electron chi connectivity index (χ4n) is 2.53. The van der Waals surface area contributed by atoms with Gasteiger partial charge in [-0.05, 0) is 26.7 Å². The summed E-state index contributed by atoms with van der Waals surface area (Å²) in [5.41, 5.74) is 0. The average molecular weight is 237 g/mol. The highest BCUT2D eigenvalue weighted by Crippen LogP contribution is 2.27. The van der Waals surface area contributed by atoms with Gasteiger partial charge >= 0.3 is 6.18 Å². The van der Waals surface area contributed by atoms with E-state index in [0.29, 0.717) is 6.04 Å². The van der Waals surface area contributed by atoms with Gasteiger partial charge in [-0.15, -0.1) is 0 Å². The maximum absolute atomic E-state index is 12.2. The van der Waals surface area contributed by atoms with Crippen molar-refractivity contribution in [2.75, 3.05) is 6.54 Å². The van der Waals surface area contributed by atoms with Crippen LogP contribution in [0.25, 0.3) is 0 Å². The monoisotopic (exact) mass is 237 g/mol. The molecule has 16 heavy (non-hydrogen) atoms. The van der Waals surface area contributed by atoms with Gasteiger partial charge in [0.2, 0.25) is 0 Å². The van der Waals surface area contributed by atoms with E-state index in [-0.39, 0.29) is 12.6 Å². The number of rotatable bonds is 4. The molecular weight excluding hydrogens is 215 g/mol. The Bertz CT molecular complexity index is 195. The van der Waals surface area contributed by atoms with Crippen LogP contribution in [0.2, 0.25) is 0 Å². The summed E-state index contributed by atoms with van der Waals surface area (Å²) in [5.74, 6) is 0. The SMILES string of the molecule is CC(C)N(CCC(F)(F)F)C1CCCCC1. The second kappa shape index (κ2) is 5.89. The molecular formula is C12H22F3N. The molecule has 0 aromatic heterocycles. The molecule has 96 valence electrons. The van der Waals surface area contributed by atoms with E-state index in [4.69, 9.17) is 0 Å². The largest absolute Gasteiger partial charge is 0.390 e. The first-order valence-corrected chi connectivity index (χ1v) is 6.22. The number of halogens is 3. The highest BCUT2D eigenvalue weighted by Gasteiger charge is 2.31. The number of hydrogen-bond acceptors (Lipinski definition) is 1. The molecule has 0 unspecified atom stereocenters. The zero-order valence-corrected chi connectivity index (χ0v) is 10.2. The minimum Gasteiger partial charge on any atom is -0.298 e. The first-order chi connectivity index (χ1) is 7.40. The van der Waals surface area contributed by atoms with Crippen LogP contribution in [0.4, 0.5) is 13.2 Å². The average Bonchev–Trinajstić information content (AvgIpc) is 2.17. The molecule has 0 aromatic carbocycles. The molecule has 0 aliphatic heterocycles. The molecule has 1 rings (SSSR count). The van der Waals surface area contributed by atoms with Crippen LogP contribution in [-0.2, 0) is 0 Å². The Morgan fingerprint density at radius 1 is 1.12 bits per heavy atom. The van der Waals surface area contributed by atoms with E-state index in [9.17, 15) is 13.2 Å². The third kappa shape index (κ3) is 4.73. The second-order valence-corrected chi connectivity index (χ2v) is 4.99. The van der Waals surface area contributed by atoms with Crippen molar-refractivity contribution in [3.05, 3.63) is 0 Å². The zero-order valence-electron chi connectivity index (χ0n) is 10.2. The Morgan fingerprint density at radius 2 is 1.69 bits per heavy atom. The summed E-state index contributed by atoms with van der Waals surface area (Å²) < 4.78 is 36.7. The van der Waals surface area contributed by atoms with Crippen molar-refractivity contribution in [3.63, 3.8) is 0 Å². The first-order valence-electron chi connectivity index (χ1n) is 6.22. The summed E-state index contributed by atoms with van der Waals surface area (Å²) in [6.07, 6.45) is 0.997. The molecule has 1 saturated carbocycles. The Morgan fingerprint density at radius 3 is 2.12 bits per heavy atom. The van der Waals surface area contributed by atoms with Crippen LogP contribution in [-0.4, -0.2) is 29.7 Å². The molecule has 1 nitrogen and oxygen atoms in total. The molecule has 4 heteroatoms. The minimum absolute atomic E-state index is 0.159. The summed E-state index contributed by atoms with van der Waals surface area (Å²) in [7, 11) is 0. The number of nitrogens with zero attached hydrogens (tertiary/aromatic N) is 1. The van der Waals surface area contributed by atoms with Crippen LogP contribution >= 0.6 is 0 Å². The molecule has 0 heterocycles. The van der Waals surface area contributed by atoms with Crippen molar-refractivity contribution < 1.29 is 13.2 Å². The molecule has 1 aliphatic rings. The van der Waals surface area contributed by atoms with Crippen LogP contribution in [0.15, 0.2) is 0 Å². The summed E-state index contributed by atoms with van der Waals surface area (Å²) in [6.45, 7) is 4.14. The Labute approximate surface area is 96.0 Å².